The molecule has 3 nitrogen and oxygen atoms in total. The summed E-state index contributed by atoms with van der Waals surface area (Å²) in [7, 11) is 0. The number of anilines is 1. The van der Waals surface area contributed by atoms with Gasteiger partial charge in [-0.1, -0.05) is 11.6 Å². The van der Waals surface area contributed by atoms with E-state index >= 15 is 0 Å². The topological polar surface area (TPSA) is 54.7 Å². The number of aromatic nitrogens is 2. The average Bonchev–Trinajstić information content (AvgIpc) is 2.35. The lowest BCUT2D eigenvalue weighted by molar-refractivity contribution is 1.10. The molecule has 0 atom stereocenters. The molecule has 0 bridgehead atoms. The van der Waals surface area contributed by atoms with E-state index in [1.165, 1.54) is 0 Å². The molecular formula is C7H5BrClN3. The third kappa shape index (κ3) is 1.07. The highest BCUT2D eigenvalue weighted by molar-refractivity contribution is 9.10. The summed E-state index contributed by atoms with van der Waals surface area (Å²) in [5, 5.41) is 8.26. The number of nitrogens with zero attached hydrogens (tertiary/aromatic N) is 1. The molecule has 1 aromatic carbocycles. The molecule has 0 saturated carbocycles. The van der Waals surface area contributed by atoms with Crippen LogP contribution in [0.1, 0.15) is 0 Å². The quantitative estimate of drug-likeness (QED) is 0.702. The molecule has 0 aliphatic heterocycles. The van der Waals surface area contributed by atoms with Crippen molar-refractivity contribution in [2.45, 2.75) is 0 Å². The number of hydrogen-bond donors (Lipinski definition) is 2. The Balaban J connectivity index is 2.87. The van der Waals surface area contributed by atoms with Gasteiger partial charge in [0.2, 0.25) is 0 Å². The minimum Gasteiger partial charge on any atom is -0.398 e. The van der Waals surface area contributed by atoms with Crippen molar-refractivity contribution < 1.29 is 0 Å². The van der Waals surface area contributed by atoms with Crippen molar-refractivity contribution in [3.8, 4) is 0 Å². The lowest BCUT2D eigenvalue weighted by Gasteiger charge is -1.95. The Bertz CT molecular complexity index is 437. The molecule has 1 aromatic heterocycles. The number of nitrogens with two attached hydrogens (primary N) is 1. The van der Waals surface area contributed by atoms with Gasteiger partial charge in [-0.2, -0.15) is 5.10 Å². The van der Waals surface area contributed by atoms with E-state index < -0.39 is 0 Å². The first-order chi connectivity index (χ1) is 5.68. The van der Waals surface area contributed by atoms with Crippen LogP contribution in [0.25, 0.3) is 10.9 Å². The molecule has 1 heterocycles. The van der Waals surface area contributed by atoms with Crippen LogP contribution in [-0.4, -0.2) is 10.2 Å². The summed E-state index contributed by atoms with van der Waals surface area (Å²) in [5.41, 5.74) is 6.99. The summed E-state index contributed by atoms with van der Waals surface area (Å²) in [6.45, 7) is 0. The van der Waals surface area contributed by atoms with Crippen LogP contribution in [0.5, 0.6) is 0 Å². The van der Waals surface area contributed by atoms with E-state index in [-0.39, 0.29) is 0 Å². The SMILES string of the molecule is Nc1cc2c(Br)[nH]nc2cc1Cl. The smallest absolute Gasteiger partial charge is 0.108 e. The van der Waals surface area contributed by atoms with E-state index in [0.717, 1.165) is 15.5 Å². The Hall–Kier alpha value is -0.740. The second-order valence-corrected chi connectivity index (χ2v) is 3.63. The maximum absolute atomic E-state index is 5.80. The monoisotopic (exact) mass is 245 g/mol. The molecule has 0 saturated heterocycles. The van der Waals surface area contributed by atoms with Gasteiger partial charge in [-0.05, 0) is 28.1 Å². The normalized spacial score (nSPS) is 10.8. The van der Waals surface area contributed by atoms with Gasteiger partial charge in [0.15, 0.2) is 0 Å². The molecule has 0 amide bonds. The van der Waals surface area contributed by atoms with Gasteiger partial charge in [-0.15, -0.1) is 0 Å². The summed E-state index contributed by atoms with van der Waals surface area (Å²) >= 11 is 9.11. The highest BCUT2D eigenvalue weighted by atomic mass is 79.9. The molecule has 3 N–H and O–H groups in total. The Morgan fingerprint density at radius 1 is 1.50 bits per heavy atom. The van der Waals surface area contributed by atoms with Crippen molar-refractivity contribution in [1.29, 1.82) is 0 Å². The Morgan fingerprint density at radius 3 is 3.00 bits per heavy atom. The average molecular weight is 246 g/mol. The fourth-order valence-electron chi connectivity index (χ4n) is 1.02. The number of fused-ring (bicyclic) bond motifs is 1. The first-order valence-corrected chi connectivity index (χ1v) is 4.44. The summed E-state index contributed by atoms with van der Waals surface area (Å²) < 4.78 is 0.820. The molecule has 62 valence electrons. The van der Waals surface area contributed by atoms with Crippen LogP contribution in [0.15, 0.2) is 16.7 Å². The van der Waals surface area contributed by atoms with Crippen LogP contribution in [0.3, 0.4) is 0 Å². The number of nitrogens with one attached hydrogen (secondary N) is 1. The van der Waals surface area contributed by atoms with Crippen LogP contribution in [0.4, 0.5) is 5.69 Å². The molecule has 2 aromatic rings. The van der Waals surface area contributed by atoms with Crippen molar-refractivity contribution in [1.82, 2.24) is 10.2 Å². The number of H-pyrrole nitrogens is 1. The fourth-order valence-corrected chi connectivity index (χ4v) is 1.58. The lowest BCUT2D eigenvalue weighted by atomic mass is 10.2. The van der Waals surface area contributed by atoms with Crippen LogP contribution in [0, 0.1) is 0 Å². The first kappa shape index (κ1) is 7.89. The maximum atomic E-state index is 5.80. The molecule has 12 heavy (non-hydrogen) atoms. The summed E-state index contributed by atoms with van der Waals surface area (Å²) in [5.74, 6) is 0. The van der Waals surface area contributed by atoms with Crippen LogP contribution < -0.4 is 5.73 Å². The van der Waals surface area contributed by atoms with Gasteiger partial charge >= 0.3 is 0 Å². The van der Waals surface area contributed by atoms with Gasteiger partial charge in [-0.25, -0.2) is 0 Å². The standard InChI is InChI=1S/C7H5BrClN3/c8-7-3-1-5(10)4(9)2-6(3)11-12-7/h1-2H,10H2,(H,11,12). The number of aromatic amines is 1. The van der Waals surface area contributed by atoms with Crippen molar-refractivity contribution in [2.24, 2.45) is 0 Å². The lowest BCUT2D eigenvalue weighted by Crippen LogP contribution is -1.85. The molecule has 0 aliphatic rings. The number of rotatable bonds is 0. The van der Waals surface area contributed by atoms with Crippen molar-refractivity contribution in [3.05, 3.63) is 21.8 Å². The molecule has 5 heteroatoms. The Morgan fingerprint density at radius 2 is 2.25 bits per heavy atom. The van der Waals surface area contributed by atoms with Crippen molar-refractivity contribution >= 4 is 44.1 Å². The van der Waals surface area contributed by atoms with Gasteiger partial charge < -0.3 is 5.73 Å². The molecule has 0 fully saturated rings. The zero-order chi connectivity index (χ0) is 8.72. The van der Waals surface area contributed by atoms with Gasteiger partial charge in [0.05, 0.1) is 16.2 Å². The molecule has 0 radical (unpaired) electrons. The predicted molar refractivity (Wildman–Crippen MR) is 53.2 cm³/mol. The molecule has 0 unspecified atom stereocenters. The van der Waals surface area contributed by atoms with Gasteiger partial charge in [-0.3, -0.25) is 5.10 Å². The van der Waals surface area contributed by atoms with Crippen LogP contribution >= 0.6 is 27.5 Å². The molecule has 2 rings (SSSR count). The minimum atomic E-state index is 0.529. The van der Waals surface area contributed by atoms with E-state index in [0.29, 0.717) is 10.7 Å². The second kappa shape index (κ2) is 2.64. The Labute approximate surface area is 82.0 Å². The summed E-state index contributed by atoms with van der Waals surface area (Å²) in [4.78, 5) is 0. The number of nitrogen functional groups attached to an aromatic ring is 1. The highest BCUT2D eigenvalue weighted by Crippen LogP contribution is 2.28. The summed E-state index contributed by atoms with van der Waals surface area (Å²) in [6.07, 6.45) is 0. The number of hydrogen-bond acceptors (Lipinski definition) is 2. The van der Waals surface area contributed by atoms with E-state index in [9.17, 15) is 0 Å². The fraction of sp³-hybridized carbons (Fsp3) is 0. The second-order valence-electron chi connectivity index (χ2n) is 2.43. The Kier molecular flexibility index (Phi) is 1.73. The van der Waals surface area contributed by atoms with Gasteiger partial charge in [0.25, 0.3) is 0 Å². The maximum Gasteiger partial charge on any atom is 0.108 e. The van der Waals surface area contributed by atoms with E-state index in [1.54, 1.807) is 12.1 Å². The van der Waals surface area contributed by atoms with Crippen LogP contribution in [0.2, 0.25) is 5.02 Å². The number of benzene rings is 1. The zero-order valence-corrected chi connectivity index (χ0v) is 8.28. The predicted octanol–water partition coefficient (Wildman–Crippen LogP) is 2.56. The minimum absolute atomic E-state index is 0.529. The molecular weight excluding hydrogens is 241 g/mol. The third-order valence-electron chi connectivity index (χ3n) is 1.63. The molecule has 0 spiro atoms. The van der Waals surface area contributed by atoms with E-state index in [1.807, 2.05) is 0 Å². The van der Waals surface area contributed by atoms with Gasteiger partial charge in [0.1, 0.15) is 4.60 Å². The van der Waals surface area contributed by atoms with Crippen molar-refractivity contribution in [2.75, 3.05) is 5.73 Å². The van der Waals surface area contributed by atoms with E-state index in [4.69, 9.17) is 17.3 Å². The third-order valence-corrected chi connectivity index (χ3v) is 2.56. The van der Waals surface area contributed by atoms with Crippen LogP contribution in [-0.2, 0) is 0 Å². The number of halogens is 2. The van der Waals surface area contributed by atoms with Gasteiger partial charge in [0, 0.05) is 5.39 Å². The highest BCUT2D eigenvalue weighted by Gasteiger charge is 2.05. The zero-order valence-electron chi connectivity index (χ0n) is 5.94. The van der Waals surface area contributed by atoms with E-state index in [2.05, 4.69) is 26.1 Å². The van der Waals surface area contributed by atoms with Crippen molar-refractivity contribution in [3.63, 3.8) is 0 Å². The largest absolute Gasteiger partial charge is 0.398 e. The molecule has 0 aliphatic carbocycles. The summed E-state index contributed by atoms with van der Waals surface area (Å²) in [6, 6.07) is 3.51. The first-order valence-electron chi connectivity index (χ1n) is 3.27.